The third kappa shape index (κ3) is 2.73. The molecule has 0 saturated carbocycles. The quantitative estimate of drug-likeness (QED) is 0.685. The lowest BCUT2D eigenvalue weighted by atomic mass is 9.89. The summed E-state index contributed by atoms with van der Waals surface area (Å²) in [6.07, 6.45) is 2.19. The summed E-state index contributed by atoms with van der Waals surface area (Å²) in [5.74, 6) is 0. The first-order valence-electron chi connectivity index (χ1n) is 7.26. The van der Waals surface area contributed by atoms with Crippen molar-refractivity contribution in [2.45, 2.75) is 47.5 Å². The number of rotatable bonds is 3. The molecule has 0 fully saturated rings. The Morgan fingerprint density at radius 1 is 0.737 bits per heavy atom. The highest BCUT2D eigenvalue weighted by molar-refractivity contribution is 5.73. The molecule has 0 amide bonds. The predicted octanol–water partition coefficient (Wildman–Crippen LogP) is 5.40. The van der Waals surface area contributed by atoms with Gasteiger partial charge in [-0.05, 0) is 67.0 Å². The van der Waals surface area contributed by atoms with Gasteiger partial charge in [-0.15, -0.1) is 0 Å². The molecule has 2 rings (SSSR count). The van der Waals surface area contributed by atoms with E-state index in [0.717, 1.165) is 12.8 Å². The molecule has 0 bridgehead atoms. The van der Waals surface area contributed by atoms with Crippen molar-refractivity contribution in [3.05, 3.63) is 58.1 Å². The lowest BCUT2D eigenvalue weighted by Gasteiger charge is -2.16. The first kappa shape index (κ1) is 13.9. The second-order valence-corrected chi connectivity index (χ2v) is 5.46. The van der Waals surface area contributed by atoms with E-state index < -0.39 is 0 Å². The van der Waals surface area contributed by atoms with Crippen LogP contribution in [0, 0.1) is 20.8 Å². The summed E-state index contributed by atoms with van der Waals surface area (Å²) in [6, 6.07) is 11.5. The topological polar surface area (TPSA) is 0 Å². The molecule has 0 atom stereocenters. The van der Waals surface area contributed by atoms with Crippen LogP contribution in [0.4, 0.5) is 0 Å². The lowest BCUT2D eigenvalue weighted by molar-refractivity contribution is 1.10. The monoisotopic (exact) mass is 252 g/mol. The normalized spacial score (nSPS) is 10.8. The Labute approximate surface area is 117 Å². The molecule has 0 spiro atoms. The number of hydrogen-bond donors (Lipinski definition) is 0. The van der Waals surface area contributed by atoms with Crippen LogP contribution in [0.2, 0.25) is 0 Å². The molecule has 19 heavy (non-hydrogen) atoms. The smallest absolute Gasteiger partial charge is 0.0144 e. The lowest BCUT2D eigenvalue weighted by Crippen LogP contribution is -1.96. The van der Waals surface area contributed by atoms with Gasteiger partial charge in [0.15, 0.2) is 0 Å². The summed E-state index contributed by atoms with van der Waals surface area (Å²) >= 11 is 0. The molecule has 0 unspecified atom stereocenters. The summed E-state index contributed by atoms with van der Waals surface area (Å²) in [4.78, 5) is 0. The van der Waals surface area contributed by atoms with Crippen LogP contribution in [0.25, 0.3) is 11.1 Å². The van der Waals surface area contributed by atoms with Gasteiger partial charge in [-0.1, -0.05) is 49.7 Å². The Morgan fingerprint density at radius 2 is 1.47 bits per heavy atom. The van der Waals surface area contributed by atoms with Crippen molar-refractivity contribution >= 4 is 0 Å². The zero-order chi connectivity index (χ0) is 14.0. The van der Waals surface area contributed by atoms with Crippen LogP contribution in [0.1, 0.15) is 41.7 Å². The summed E-state index contributed by atoms with van der Waals surface area (Å²) < 4.78 is 0. The van der Waals surface area contributed by atoms with Gasteiger partial charge in [0.1, 0.15) is 0 Å². The number of benzene rings is 2. The minimum absolute atomic E-state index is 1.09. The van der Waals surface area contributed by atoms with E-state index in [2.05, 4.69) is 65.0 Å². The third-order valence-corrected chi connectivity index (χ3v) is 3.97. The van der Waals surface area contributed by atoms with Crippen LogP contribution < -0.4 is 0 Å². The predicted molar refractivity (Wildman–Crippen MR) is 84.8 cm³/mol. The third-order valence-electron chi connectivity index (χ3n) is 3.97. The fourth-order valence-electron chi connectivity index (χ4n) is 2.89. The van der Waals surface area contributed by atoms with Crippen LogP contribution in [0.15, 0.2) is 30.3 Å². The Morgan fingerprint density at radius 3 is 2.11 bits per heavy atom. The molecule has 0 saturated heterocycles. The van der Waals surface area contributed by atoms with Gasteiger partial charge in [-0.3, -0.25) is 0 Å². The van der Waals surface area contributed by atoms with Gasteiger partial charge in [0.05, 0.1) is 0 Å². The molecule has 0 radical (unpaired) electrons. The van der Waals surface area contributed by atoms with Crippen molar-refractivity contribution in [3.63, 3.8) is 0 Å². The van der Waals surface area contributed by atoms with Crippen molar-refractivity contribution in [3.8, 4) is 11.1 Å². The minimum Gasteiger partial charge on any atom is -0.0613 e. The Balaban J connectivity index is 2.70. The summed E-state index contributed by atoms with van der Waals surface area (Å²) in [5, 5.41) is 0. The molecule has 0 aliphatic heterocycles. The van der Waals surface area contributed by atoms with Crippen molar-refractivity contribution in [2.24, 2.45) is 0 Å². The van der Waals surface area contributed by atoms with Gasteiger partial charge in [0.2, 0.25) is 0 Å². The Kier molecular flexibility index (Phi) is 4.09. The molecular formula is C19H24. The first-order valence-corrected chi connectivity index (χ1v) is 7.26. The Bertz CT molecular complexity index is 591. The molecule has 0 aliphatic rings. The molecule has 0 heterocycles. The van der Waals surface area contributed by atoms with Gasteiger partial charge < -0.3 is 0 Å². The molecule has 2 aromatic carbocycles. The average molecular weight is 252 g/mol. The zero-order valence-electron chi connectivity index (χ0n) is 12.8. The van der Waals surface area contributed by atoms with E-state index in [9.17, 15) is 0 Å². The molecule has 2 aromatic rings. The number of aryl methyl sites for hydroxylation is 4. The maximum absolute atomic E-state index is 2.36. The average Bonchev–Trinajstić information content (AvgIpc) is 2.38. The van der Waals surface area contributed by atoms with E-state index in [4.69, 9.17) is 0 Å². The van der Waals surface area contributed by atoms with Crippen LogP contribution in [-0.2, 0) is 12.8 Å². The van der Waals surface area contributed by atoms with E-state index in [1.807, 2.05) is 0 Å². The van der Waals surface area contributed by atoms with Crippen molar-refractivity contribution < 1.29 is 0 Å². The minimum atomic E-state index is 1.09. The van der Waals surface area contributed by atoms with E-state index in [-0.39, 0.29) is 0 Å². The van der Waals surface area contributed by atoms with Gasteiger partial charge in [-0.2, -0.15) is 0 Å². The summed E-state index contributed by atoms with van der Waals surface area (Å²) in [6.45, 7) is 11.1. The highest BCUT2D eigenvalue weighted by Gasteiger charge is 2.10. The van der Waals surface area contributed by atoms with Gasteiger partial charge in [0.25, 0.3) is 0 Å². The largest absolute Gasteiger partial charge is 0.0613 e. The summed E-state index contributed by atoms with van der Waals surface area (Å²) in [5.41, 5.74) is 9.88. The van der Waals surface area contributed by atoms with E-state index >= 15 is 0 Å². The highest BCUT2D eigenvalue weighted by atomic mass is 14.1. The Hall–Kier alpha value is -1.56. The molecule has 100 valence electrons. The van der Waals surface area contributed by atoms with Gasteiger partial charge in [0, 0.05) is 0 Å². The fraction of sp³-hybridized carbons (Fsp3) is 0.368. The number of hydrogen-bond acceptors (Lipinski definition) is 0. The van der Waals surface area contributed by atoms with Gasteiger partial charge >= 0.3 is 0 Å². The first-order chi connectivity index (χ1) is 9.06. The second-order valence-electron chi connectivity index (χ2n) is 5.46. The molecule has 0 aromatic heterocycles. The maximum Gasteiger partial charge on any atom is -0.0144 e. The zero-order valence-corrected chi connectivity index (χ0v) is 12.8. The van der Waals surface area contributed by atoms with E-state index in [1.54, 1.807) is 0 Å². The van der Waals surface area contributed by atoms with Gasteiger partial charge in [-0.25, -0.2) is 0 Å². The molecule has 0 heteroatoms. The van der Waals surface area contributed by atoms with Crippen molar-refractivity contribution in [1.29, 1.82) is 0 Å². The molecule has 0 aliphatic carbocycles. The van der Waals surface area contributed by atoms with Crippen LogP contribution >= 0.6 is 0 Å². The molecular weight excluding hydrogens is 228 g/mol. The van der Waals surface area contributed by atoms with Crippen molar-refractivity contribution in [1.82, 2.24) is 0 Å². The van der Waals surface area contributed by atoms with Crippen LogP contribution in [0.3, 0.4) is 0 Å². The highest BCUT2D eigenvalue weighted by Crippen LogP contribution is 2.31. The molecule has 0 N–H and O–H groups in total. The van der Waals surface area contributed by atoms with Crippen LogP contribution in [-0.4, -0.2) is 0 Å². The fourth-order valence-corrected chi connectivity index (χ4v) is 2.89. The molecule has 0 nitrogen and oxygen atoms in total. The SMILES string of the molecule is CCc1ccc(C)c(-c2cc(C)cc(C)c2CC)c1. The maximum atomic E-state index is 2.36. The summed E-state index contributed by atoms with van der Waals surface area (Å²) in [7, 11) is 0. The standard InChI is InChI=1S/C19H24/c1-6-16-9-8-14(4)18(12-16)19-11-13(3)10-15(5)17(19)7-2/h8-12H,6-7H2,1-5H3. The second kappa shape index (κ2) is 5.61. The van der Waals surface area contributed by atoms with E-state index in [1.165, 1.54) is 38.9 Å². The van der Waals surface area contributed by atoms with Crippen molar-refractivity contribution in [2.75, 3.05) is 0 Å². The van der Waals surface area contributed by atoms with Crippen LogP contribution in [0.5, 0.6) is 0 Å². The van der Waals surface area contributed by atoms with E-state index in [0.29, 0.717) is 0 Å².